The zero-order valence-corrected chi connectivity index (χ0v) is 10.2. The van der Waals surface area contributed by atoms with Crippen LogP contribution in [-0.4, -0.2) is 12.1 Å². The fraction of sp³-hybridized carbons (Fsp3) is 0.455. The summed E-state index contributed by atoms with van der Waals surface area (Å²) < 4.78 is 4.82. The second-order valence-electron chi connectivity index (χ2n) is 4.17. The number of aromatic nitrogens is 1. The van der Waals surface area contributed by atoms with Crippen molar-refractivity contribution in [3.63, 3.8) is 0 Å². The molecule has 1 aromatic heterocycles. The van der Waals surface area contributed by atoms with Crippen molar-refractivity contribution in [3.8, 4) is 6.07 Å². The lowest BCUT2D eigenvalue weighted by Crippen LogP contribution is -2.10. The monoisotopic (exact) mass is 222 g/mol. The van der Waals surface area contributed by atoms with Crippen molar-refractivity contribution in [3.05, 3.63) is 22.3 Å². The van der Waals surface area contributed by atoms with Crippen LogP contribution in [0.15, 0.2) is 11.6 Å². The second kappa shape index (κ2) is 4.45. The third kappa shape index (κ3) is 2.80. The number of methoxy groups -OCH3 is 1. The average Bonchev–Trinajstić information content (AvgIpc) is 2.62. The molecule has 0 saturated heterocycles. The minimum Gasteiger partial charge on any atom is -0.503 e. The van der Waals surface area contributed by atoms with Crippen molar-refractivity contribution < 1.29 is 4.74 Å². The lowest BCUT2D eigenvalue weighted by Gasteiger charge is -2.13. The van der Waals surface area contributed by atoms with E-state index in [0.717, 1.165) is 5.01 Å². The molecule has 1 rings (SSSR count). The molecule has 1 aromatic rings. The molecule has 0 aliphatic rings. The number of hydrogen-bond donors (Lipinski definition) is 0. The molecule has 0 aromatic carbocycles. The molecule has 0 spiro atoms. The highest BCUT2D eigenvalue weighted by Gasteiger charge is 2.19. The number of hydrogen-bond acceptors (Lipinski definition) is 4. The van der Waals surface area contributed by atoms with Crippen molar-refractivity contribution in [2.24, 2.45) is 0 Å². The van der Waals surface area contributed by atoms with Gasteiger partial charge in [-0.3, -0.25) is 0 Å². The summed E-state index contributed by atoms with van der Waals surface area (Å²) in [7, 11) is 1.52. The zero-order chi connectivity index (χ0) is 11.5. The highest BCUT2D eigenvalue weighted by molar-refractivity contribution is 7.09. The molecule has 0 radical (unpaired) electrons. The Morgan fingerprint density at radius 2 is 2.27 bits per heavy atom. The Balaban J connectivity index is 3.05. The van der Waals surface area contributed by atoms with Crippen LogP contribution in [0.4, 0.5) is 0 Å². The van der Waals surface area contributed by atoms with Crippen LogP contribution >= 0.6 is 11.3 Å². The van der Waals surface area contributed by atoms with Crippen molar-refractivity contribution in [2.75, 3.05) is 7.11 Å². The number of thiazole rings is 1. The maximum Gasteiger partial charge on any atom is 0.113 e. The quantitative estimate of drug-likeness (QED) is 0.571. The van der Waals surface area contributed by atoms with Gasteiger partial charge < -0.3 is 4.74 Å². The van der Waals surface area contributed by atoms with Gasteiger partial charge in [0.15, 0.2) is 0 Å². The van der Waals surface area contributed by atoms with Crippen molar-refractivity contribution >= 4 is 16.9 Å². The molecule has 0 amide bonds. The summed E-state index contributed by atoms with van der Waals surface area (Å²) in [4.78, 5) is 4.42. The first-order valence-corrected chi connectivity index (χ1v) is 5.46. The lowest BCUT2D eigenvalue weighted by molar-refractivity contribution is 0.340. The highest BCUT2D eigenvalue weighted by atomic mass is 32.1. The molecule has 0 aliphatic heterocycles. The van der Waals surface area contributed by atoms with E-state index >= 15 is 0 Å². The van der Waals surface area contributed by atoms with Gasteiger partial charge in [-0.05, 0) is 0 Å². The van der Waals surface area contributed by atoms with E-state index < -0.39 is 0 Å². The van der Waals surface area contributed by atoms with Gasteiger partial charge in [-0.2, -0.15) is 5.26 Å². The maximum atomic E-state index is 8.89. The first-order valence-electron chi connectivity index (χ1n) is 4.58. The van der Waals surface area contributed by atoms with Crippen LogP contribution in [0.25, 0.3) is 5.57 Å². The highest BCUT2D eigenvalue weighted by Crippen LogP contribution is 2.27. The third-order valence-electron chi connectivity index (χ3n) is 1.78. The van der Waals surface area contributed by atoms with Gasteiger partial charge >= 0.3 is 0 Å². The molecule has 15 heavy (non-hydrogen) atoms. The molecule has 3 nitrogen and oxygen atoms in total. The van der Waals surface area contributed by atoms with Crippen LogP contribution in [0, 0.1) is 11.3 Å². The van der Waals surface area contributed by atoms with Crippen LogP contribution in [0.1, 0.15) is 31.5 Å². The number of nitrogens with zero attached hydrogens (tertiary/aromatic N) is 2. The SMILES string of the molecule is CO/C=C(/C#N)c1csc(C(C)(C)C)n1. The van der Waals surface area contributed by atoms with E-state index in [-0.39, 0.29) is 5.41 Å². The molecule has 80 valence electrons. The van der Waals surface area contributed by atoms with Crippen LogP contribution in [-0.2, 0) is 10.2 Å². The first-order chi connectivity index (χ1) is 6.99. The number of rotatable bonds is 2. The summed E-state index contributed by atoms with van der Waals surface area (Å²) in [6, 6.07) is 2.06. The molecule has 4 heteroatoms. The van der Waals surface area contributed by atoms with E-state index in [4.69, 9.17) is 10.00 Å². The lowest BCUT2D eigenvalue weighted by atomic mass is 9.98. The van der Waals surface area contributed by atoms with E-state index in [9.17, 15) is 0 Å². The predicted octanol–water partition coefficient (Wildman–Crippen LogP) is 2.95. The molecular weight excluding hydrogens is 208 g/mol. The molecule has 0 atom stereocenters. The van der Waals surface area contributed by atoms with E-state index in [1.54, 1.807) is 11.3 Å². The van der Waals surface area contributed by atoms with Crippen molar-refractivity contribution in [2.45, 2.75) is 26.2 Å². The minimum absolute atomic E-state index is 0.0244. The Bertz CT molecular complexity index is 407. The van der Waals surface area contributed by atoms with E-state index in [0.29, 0.717) is 11.3 Å². The van der Waals surface area contributed by atoms with E-state index in [1.165, 1.54) is 13.4 Å². The van der Waals surface area contributed by atoms with Gasteiger partial charge in [0.25, 0.3) is 0 Å². The van der Waals surface area contributed by atoms with Gasteiger partial charge in [-0.1, -0.05) is 20.8 Å². The van der Waals surface area contributed by atoms with E-state index in [2.05, 4.69) is 31.8 Å². The van der Waals surface area contributed by atoms with Crippen molar-refractivity contribution in [1.29, 1.82) is 5.26 Å². The topological polar surface area (TPSA) is 45.9 Å². The molecule has 0 aliphatic carbocycles. The Morgan fingerprint density at radius 3 is 2.67 bits per heavy atom. The summed E-state index contributed by atoms with van der Waals surface area (Å²) >= 11 is 1.57. The molecule has 0 bridgehead atoms. The molecule has 0 unspecified atom stereocenters. The molecular formula is C11H14N2OS. The predicted molar refractivity (Wildman–Crippen MR) is 61.4 cm³/mol. The summed E-state index contributed by atoms with van der Waals surface area (Å²) in [5.41, 5.74) is 1.18. The largest absolute Gasteiger partial charge is 0.503 e. The van der Waals surface area contributed by atoms with Gasteiger partial charge in [0, 0.05) is 10.8 Å². The second-order valence-corrected chi connectivity index (χ2v) is 5.03. The Kier molecular flexibility index (Phi) is 3.48. The van der Waals surface area contributed by atoms with Crippen LogP contribution in [0.5, 0.6) is 0 Å². The molecule has 0 N–H and O–H groups in total. The van der Waals surface area contributed by atoms with Gasteiger partial charge in [-0.15, -0.1) is 11.3 Å². The maximum absolute atomic E-state index is 8.89. The van der Waals surface area contributed by atoms with E-state index in [1.807, 2.05) is 5.38 Å². The normalized spacial score (nSPS) is 12.3. The standard InChI is InChI=1S/C11H14N2OS/c1-11(2,3)10-13-9(7-15-10)8(5-12)6-14-4/h6-7H,1-4H3/b8-6-. The average molecular weight is 222 g/mol. The van der Waals surface area contributed by atoms with Gasteiger partial charge in [0.2, 0.25) is 0 Å². The zero-order valence-electron chi connectivity index (χ0n) is 9.37. The van der Waals surface area contributed by atoms with Crippen LogP contribution < -0.4 is 0 Å². The number of allylic oxidation sites excluding steroid dienone is 1. The number of nitriles is 1. The number of ether oxygens (including phenoxy) is 1. The summed E-state index contributed by atoms with van der Waals surface area (Å²) in [6.07, 6.45) is 1.42. The fourth-order valence-electron chi connectivity index (χ4n) is 1.00. The summed E-state index contributed by atoms with van der Waals surface area (Å²) in [6.45, 7) is 6.30. The van der Waals surface area contributed by atoms with Gasteiger partial charge in [0.1, 0.15) is 17.9 Å². The molecule has 1 heterocycles. The molecule has 0 saturated carbocycles. The summed E-state index contributed by atoms with van der Waals surface area (Å²) in [5.74, 6) is 0. The van der Waals surface area contributed by atoms with Gasteiger partial charge in [0.05, 0.1) is 17.8 Å². The first kappa shape index (κ1) is 11.7. The van der Waals surface area contributed by atoms with Gasteiger partial charge in [-0.25, -0.2) is 4.98 Å². The Morgan fingerprint density at radius 1 is 1.60 bits per heavy atom. The fourth-order valence-corrected chi connectivity index (χ4v) is 1.91. The van der Waals surface area contributed by atoms with Crippen LogP contribution in [0.2, 0.25) is 0 Å². The third-order valence-corrected chi connectivity index (χ3v) is 3.05. The smallest absolute Gasteiger partial charge is 0.113 e. The Hall–Kier alpha value is -1.34. The van der Waals surface area contributed by atoms with Crippen molar-refractivity contribution in [1.82, 2.24) is 4.98 Å². The Labute approximate surface area is 94.0 Å². The molecule has 0 fully saturated rings. The minimum atomic E-state index is 0.0244. The van der Waals surface area contributed by atoms with Crippen LogP contribution in [0.3, 0.4) is 0 Å². The summed E-state index contributed by atoms with van der Waals surface area (Å²) in [5, 5.41) is 11.8.